The number of likely N-dealkylation sites (tertiary alicyclic amines) is 2. The minimum absolute atomic E-state index is 0.143. The first-order valence-corrected chi connectivity index (χ1v) is 9.74. The molecule has 1 aromatic carbocycles. The van der Waals surface area contributed by atoms with Gasteiger partial charge in [-0.25, -0.2) is 8.78 Å². The van der Waals surface area contributed by atoms with Crippen molar-refractivity contribution in [1.29, 1.82) is 0 Å². The zero-order chi connectivity index (χ0) is 18.8. The van der Waals surface area contributed by atoms with Crippen LogP contribution < -0.4 is 4.90 Å². The number of alkyl halides is 2. The quantitative estimate of drug-likeness (QED) is 0.811. The lowest BCUT2D eigenvalue weighted by Crippen LogP contribution is -2.64. The number of nitrogens with zero attached hydrogens (tertiary/aromatic N) is 3. The van der Waals surface area contributed by atoms with Gasteiger partial charge in [-0.15, -0.1) is 0 Å². The van der Waals surface area contributed by atoms with Crippen LogP contribution in [0.15, 0.2) is 24.3 Å². The first kappa shape index (κ1) is 17.1. The molecular formula is C20H23F2N3O2. The van der Waals surface area contributed by atoms with Crippen molar-refractivity contribution in [3.8, 4) is 0 Å². The zero-order valence-electron chi connectivity index (χ0n) is 15.1. The summed E-state index contributed by atoms with van der Waals surface area (Å²) in [5.41, 5.74) is 1.93. The van der Waals surface area contributed by atoms with Crippen molar-refractivity contribution in [2.75, 3.05) is 31.1 Å². The van der Waals surface area contributed by atoms with Crippen molar-refractivity contribution in [2.24, 2.45) is 5.92 Å². The molecule has 27 heavy (non-hydrogen) atoms. The highest BCUT2D eigenvalue weighted by atomic mass is 19.3. The summed E-state index contributed by atoms with van der Waals surface area (Å²) in [7, 11) is 0. The van der Waals surface area contributed by atoms with E-state index in [4.69, 9.17) is 0 Å². The van der Waals surface area contributed by atoms with Gasteiger partial charge in [0.25, 0.3) is 5.92 Å². The van der Waals surface area contributed by atoms with Gasteiger partial charge >= 0.3 is 0 Å². The Bertz CT molecular complexity index is 789. The van der Waals surface area contributed by atoms with Gasteiger partial charge in [0.1, 0.15) is 0 Å². The molecule has 144 valence electrons. The van der Waals surface area contributed by atoms with Gasteiger partial charge in [0.15, 0.2) is 0 Å². The average Bonchev–Trinajstić information content (AvgIpc) is 3.28. The molecule has 5 rings (SSSR count). The third kappa shape index (κ3) is 2.92. The third-order valence-electron chi connectivity index (χ3n) is 6.31. The molecular weight excluding hydrogens is 352 g/mol. The SMILES string of the molecule is O=C(C1CC1)N1CC(N2CC(F)(F)C[C@H]2C(=O)N2CCc3ccccc32)C1. The molecule has 0 aromatic heterocycles. The van der Waals surface area contributed by atoms with Crippen LogP contribution >= 0.6 is 0 Å². The second-order valence-corrected chi connectivity index (χ2v) is 8.29. The number of amides is 2. The van der Waals surface area contributed by atoms with Crippen molar-refractivity contribution in [1.82, 2.24) is 9.80 Å². The number of carbonyl (C=O) groups excluding carboxylic acids is 2. The van der Waals surface area contributed by atoms with Crippen LogP contribution in [0.4, 0.5) is 14.5 Å². The Hall–Kier alpha value is -2.02. The van der Waals surface area contributed by atoms with Crippen LogP contribution in [0.2, 0.25) is 0 Å². The molecule has 7 heteroatoms. The Morgan fingerprint density at radius 3 is 2.56 bits per heavy atom. The third-order valence-corrected chi connectivity index (χ3v) is 6.31. The van der Waals surface area contributed by atoms with Gasteiger partial charge in [0, 0.05) is 43.7 Å². The Balaban J connectivity index is 1.32. The molecule has 3 aliphatic heterocycles. The van der Waals surface area contributed by atoms with E-state index < -0.39 is 24.9 Å². The molecule has 1 aliphatic carbocycles. The standard InChI is InChI=1S/C20H23F2N3O2/c21-20(22)9-17(19(27)24-8-7-13-3-1-2-4-16(13)24)25(12-20)15-10-23(11-15)18(26)14-5-6-14/h1-4,14-15,17H,5-12H2/t17-/m0/s1. The first-order valence-electron chi connectivity index (χ1n) is 9.74. The van der Waals surface area contributed by atoms with Crippen LogP contribution in [0.3, 0.4) is 0 Å². The Morgan fingerprint density at radius 2 is 1.81 bits per heavy atom. The highest BCUT2D eigenvalue weighted by molar-refractivity contribution is 5.99. The Morgan fingerprint density at radius 1 is 1.07 bits per heavy atom. The summed E-state index contributed by atoms with van der Waals surface area (Å²) in [6.45, 7) is 1.08. The van der Waals surface area contributed by atoms with Crippen LogP contribution in [-0.4, -0.2) is 65.8 Å². The van der Waals surface area contributed by atoms with Gasteiger partial charge in [0.2, 0.25) is 11.8 Å². The maximum absolute atomic E-state index is 14.2. The van der Waals surface area contributed by atoms with Crippen LogP contribution in [0, 0.1) is 5.92 Å². The topological polar surface area (TPSA) is 43.9 Å². The summed E-state index contributed by atoms with van der Waals surface area (Å²) in [6.07, 6.45) is 2.21. The molecule has 5 nitrogen and oxygen atoms in total. The number of benzene rings is 1. The molecule has 2 amide bonds. The monoisotopic (exact) mass is 375 g/mol. The fourth-order valence-electron chi connectivity index (χ4n) is 4.64. The highest BCUT2D eigenvalue weighted by Gasteiger charge is 2.54. The Kier molecular flexibility index (Phi) is 3.79. The van der Waals surface area contributed by atoms with E-state index in [-0.39, 0.29) is 23.8 Å². The zero-order valence-corrected chi connectivity index (χ0v) is 15.1. The number of fused-ring (bicyclic) bond motifs is 1. The summed E-state index contributed by atoms with van der Waals surface area (Å²) in [5, 5.41) is 0. The second kappa shape index (κ2) is 5.99. The summed E-state index contributed by atoms with van der Waals surface area (Å²) < 4.78 is 28.4. The lowest BCUT2D eigenvalue weighted by atomic mass is 10.0. The van der Waals surface area contributed by atoms with Crippen LogP contribution in [0.5, 0.6) is 0 Å². The number of halogens is 2. The molecule has 3 fully saturated rings. The predicted molar refractivity (Wildman–Crippen MR) is 95.6 cm³/mol. The molecule has 3 heterocycles. The van der Waals surface area contributed by atoms with Crippen LogP contribution in [0.25, 0.3) is 0 Å². The van der Waals surface area contributed by atoms with Gasteiger partial charge in [-0.1, -0.05) is 18.2 Å². The number of hydrogen-bond donors (Lipinski definition) is 0. The molecule has 0 radical (unpaired) electrons. The van der Waals surface area contributed by atoms with Crippen molar-refractivity contribution in [3.63, 3.8) is 0 Å². The van der Waals surface area contributed by atoms with Gasteiger partial charge in [0.05, 0.1) is 12.6 Å². The van der Waals surface area contributed by atoms with Gasteiger partial charge in [-0.2, -0.15) is 0 Å². The van der Waals surface area contributed by atoms with E-state index in [9.17, 15) is 18.4 Å². The maximum Gasteiger partial charge on any atom is 0.262 e. The molecule has 1 saturated carbocycles. The summed E-state index contributed by atoms with van der Waals surface area (Å²) in [4.78, 5) is 30.4. The Labute approximate surface area is 156 Å². The van der Waals surface area contributed by atoms with E-state index in [1.54, 1.807) is 14.7 Å². The molecule has 2 saturated heterocycles. The summed E-state index contributed by atoms with van der Waals surface area (Å²) in [6, 6.07) is 6.72. The number of para-hydroxylation sites is 1. The van der Waals surface area contributed by atoms with Crippen LogP contribution in [0.1, 0.15) is 24.8 Å². The van der Waals surface area contributed by atoms with E-state index >= 15 is 0 Å². The van der Waals surface area contributed by atoms with E-state index in [1.165, 1.54) is 0 Å². The first-order chi connectivity index (χ1) is 12.9. The van der Waals surface area contributed by atoms with Gasteiger partial charge in [-0.05, 0) is 30.9 Å². The second-order valence-electron chi connectivity index (χ2n) is 8.29. The molecule has 0 unspecified atom stereocenters. The van der Waals surface area contributed by atoms with E-state index in [2.05, 4.69) is 0 Å². The molecule has 0 spiro atoms. The van der Waals surface area contributed by atoms with Crippen molar-refractivity contribution in [3.05, 3.63) is 29.8 Å². The van der Waals surface area contributed by atoms with Gasteiger partial charge in [-0.3, -0.25) is 14.5 Å². The summed E-state index contributed by atoms with van der Waals surface area (Å²) >= 11 is 0. The lowest BCUT2D eigenvalue weighted by molar-refractivity contribution is -0.141. The molecule has 0 N–H and O–H groups in total. The van der Waals surface area contributed by atoms with E-state index in [1.807, 2.05) is 24.3 Å². The van der Waals surface area contributed by atoms with E-state index in [0.717, 1.165) is 30.5 Å². The van der Waals surface area contributed by atoms with Crippen molar-refractivity contribution < 1.29 is 18.4 Å². The maximum atomic E-state index is 14.2. The lowest BCUT2D eigenvalue weighted by Gasteiger charge is -2.46. The average molecular weight is 375 g/mol. The molecule has 1 aromatic rings. The minimum Gasteiger partial charge on any atom is -0.339 e. The normalized spacial score (nSPS) is 27.6. The van der Waals surface area contributed by atoms with Crippen molar-refractivity contribution >= 4 is 17.5 Å². The number of rotatable bonds is 3. The van der Waals surface area contributed by atoms with Crippen LogP contribution in [-0.2, 0) is 16.0 Å². The number of carbonyl (C=O) groups is 2. The molecule has 0 bridgehead atoms. The van der Waals surface area contributed by atoms with Crippen molar-refractivity contribution in [2.45, 2.75) is 43.7 Å². The molecule has 4 aliphatic rings. The highest BCUT2D eigenvalue weighted by Crippen LogP contribution is 2.39. The molecule has 1 atom stereocenters. The number of anilines is 1. The largest absolute Gasteiger partial charge is 0.339 e. The van der Waals surface area contributed by atoms with E-state index in [0.29, 0.717) is 19.6 Å². The fraction of sp³-hybridized carbons (Fsp3) is 0.600. The predicted octanol–water partition coefficient (Wildman–Crippen LogP) is 1.91. The minimum atomic E-state index is -2.86. The summed E-state index contributed by atoms with van der Waals surface area (Å²) in [5.74, 6) is -2.80. The van der Waals surface area contributed by atoms with Gasteiger partial charge < -0.3 is 9.80 Å². The smallest absolute Gasteiger partial charge is 0.262 e. The fourth-order valence-corrected chi connectivity index (χ4v) is 4.64. The number of hydrogen-bond acceptors (Lipinski definition) is 3.